The average Bonchev–Trinajstić information content (AvgIpc) is 3.61. The molecule has 166 valence electrons. The number of alkyl carbamates (subject to hydrolysis) is 1. The van der Waals surface area contributed by atoms with Crippen LogP contribution in [-0.4, -0.2) is 59.3 Å². The van der Waals surface area contributed by atoms with Gasteiger partial charge >= 0.3 is 6.09 Å². The quantitative estimate of drug-likeness (QED) is 0.620. The van der Waals surface area contributed by atoms with Gasteiger partial charge in [0.15, 0.2) is 5.82 Å². The molecule has 1 aliphatic heterocycles. The van der Waals surface area contributed by atoms with Crippen molar-refractivity contribution in [1.29, 1.82) is 0 Å². The van der Waals surface area contributed by atoms with Crippen LogP contribution in [0.2, 0.25) is 0 Å². The van der Waals surface area contributed by atoms with Gasteiger partial charge in [-0.3, -0.25) is 4.79 Å². The van der Waals surface area contributed by atoms with Gasteiger partial charge in [0.25, 0.3) is 5.91 Å². The molecule has 0 radical (unpaired) electrons. The van der Waals surface area contributed by atoms with Crippen molar-refractivity contribution in [2.24, 2.45) is 0 Å². The molecule has 8 heteroatoms. The van der Waals surface area contributed by atoms with Gasteiger partial charge < -0.3 is 19.7 Å². The fraction of sp³-hybridized carbons (Fsp3) is 0.727. The molecule has 0 spiro atoms. The fourth-order valence-electron chi connectivity index (χ4n) is 3.87. The molecular weight excluding hydrogens is 384 g/mol. The molecule has 2 amide bonds. The number of carbonyl (C=O) groups excluding carboxylic acids is 2. The largest absolute Gasteiger partial charge is 0.453 e. The van der Waals surface area contributed by atoms with Crippen LogP contribution >= 0.6 is 0 Å². The summed E-state index contributed by atoms with van der Waals surface area (Å²) in [6.07, 6.45) is 6.44. The molecule has 8 nitrogen and oxygen atoms in total. The molecule has 30 heavy (non-hydrogen) atoms. The minimum Gasteiger partial charge on any atom is -0.453 e. The smallest absolute Gasteiger partial charge is 0.406 e. The zero-order valence-electron chi connectivity index (χ0n) is 18.4. The summed E-state index contributed by atoms with van der Waals surface area (Å²) in [6, 6.07) is 2.09. The summed E-state index contributed by atoms with van der Waals surface area (Å²) in [7, 11) is 1.35. The maximum Gasteiger partial charge on any atom is 0.406 e. The van der Waals surface area contributed by atoms with Gasteiger partial charge in [0, 0.05) is 30.6 Å². The molecule has 2 atom stereocenters. The lowest BCUT2D eigenvalue weighted by Crippen LogP contribution is -2.44. The lowest BCUT2D eigenvalue weighted by Gasteiger charge is -2.33. The summed E-state index contributed by atoms with van der Waals surface area (Å²) in [5.74, 6) is 0.778. The average molecular weight is 419 g/mol. The van der Waals surface area contributed by atoms with Crippen LogP contribution < -0.4 is 5.32 Å². The van der Waals surface area contributed by atoms with Crippen LogP contribution in [0.15, 0.2) is 6.07 Å². The van der Waals surface area contributed by atoms with E-state index in [1.807, 2.05) is 17.9 Å². The van der Waals surface area contributed by atoms with E-state index in [0.717, 1.165) is 62.8 Å². The predicted octanol–water partition coefficient (Wildman–Crippen LogP) is 2.95. The van der Waals surface area contributed by atoms with E-state index >= 15 is 0 Å². The van der Waals surface area contributed by atoms with Gasteiger partial charge in [-0.2, -0.15) is 0 Å². The van der Waals surface area contributed by atoms with Gasteiger partial charge in [0.2, 0.25) is 0 Å². The maximum atomic E-state index is 13.2. The number of amides is 2. The first-order valence-electron chi connectivity index (χ1n) is 11.2. The van der Waals surface area contributed by atoms with Crippen LogP contribution in [0.1, 0.15) is 75.6 Å². The molecule has 1 aromatic rings. The summed E-state index contributed by atoms with van der Waals surface area (Å²) in [5.41, 5.74) is 1.91. The SMILES string of the molecule is CCc1cc(CCCNC(=O)OC)nc([C@@H](C)N(C(=O)[C@H]2CCCCO2)C2CC2)n1. The van der Waals surface area contributed by atoms with Crippen molar-refractivity contribution < 1.29 is 19.1 Å². The van der Waals surface area contributed by atoms with E-state index in [-0.39, 0.29) is 24.1 Å². The standard InChI is InChI=1S/C22H34N4O4/c1-4-16-14-17(8-7-12-23-22(28)29-3)25-20(24-16)15(2)26(18-10-11-18)21(27)19-9-5-6-13-30-19/h14-15,18-19H,4-13H2,1-3H3,(H,23,28)/t15-,19-/m1/s1. The number of methoxy groups -OCH3 is 1. The topological polar surface area (TPSA) is 93.7 Å². The Balaban J connectivity index is 1.71. The zero-order chi connectivity index (χ0) is 21.5. The maximum absolute atomic E-state index is 13.2. The predicted molar refractivity (Wildman–Crippen MR) is 112 cm³/mol. The van der Waals surface area contributed by atoms with Crippen molar-refractivity contribution in [3.8, 4) is 0 Å². The molecule has 0 bridgehead atoms. The van der Waals surface area contributed by atoms with Gasteiger partial charge in [-0.1, -0.05) is 6.92 Å². The highest BCUT2D eigenvalue weighted by molar-refractivity contribution is 5.82. The fourth-order valence-corrected chi connectivity index (χ4v) is 3.87. The number of hydrogen-bond acceptors (Lipinski definition) is 6. The minimum atomic E-state index is -0.426. The van der Waals surface area contributed by atoms with Crippen molar-refractivity contribution in [3.63, 3.8) is 0 Å². The Labute approximate surface area is 178 Å². The molecule has 2 aliphatic rings. The van der Waals surface area contributed by atoms with Crippen molar-refractivity contribution in [1.82, 2.24) is 20.2 Å². The molecule has 3 rings (SSSR count). The third kappa shape index (κ3) is 5.90. The second kappa shape index (κ2) is 10.7. The Morgan fingerprint density at radius 3 is 2.67 bits per heavy atom. The third-order valence-electron chi connectivity index (χ3n) is 5.72. The second-order valence-electron chi connectivity index (χ2n) is 8.09. The van der Waals surface area contributed by atoms with Gasteiger partial charge in [-0.15, -0.1) is 0 Å². The lowest BCUT2D eigenvalue weighted by atomic mass is 10.1. The summed E-state index contributed by atoms with van der Waals surface area (Å²) in [4.78, 5) is 35.9. The first-order chi connectivity index (χ1) is 14.5. The molecular formula is C22H34N4O4. The highest BCUT2D eigenvalue weighted by Gasteiger charge is 2.40. The molecule has 1 saturated carbocycles. The first-order valence-corrected chi connectivity index (χ1v) is 11.2. The Kier molecular flexibility index (Phi) is 8.01. The van der Waals surface area contributed by atoms with Crippen LogP contribution in [0.5, 0.6) is 0 Å². The minimum absolute atomic E-state index is 0.0824. The molecule has 2 heterocycles. The van der Waals surface area contributed by atoms with Crippen LogP contribution in [0.3, 0.4) is 0 Å². The number of ether oxygens (including phenoxy) is 2. The number of aromatic nitrogens is 2. The van der Waals surface area contributed by atoms with Crippen LogP contribution in [0, 0.1) is 0 Å². The number of aryl methyl sites for hydroxylation is 2. The van der Waals surface area contributed by atoms with Crippen LogP contribution in [0.4, 0.5) is 4.79 Å². The summed E-state index contributed by atoms with van der Waals surface area (Å²) in [6.45, 7) is 5.28. The van der Waals surface area contributed by atoms with Gasteiger partial charge in [-0.25, -0.2) is 14.8 Å². The van der Waals surface area contributed by atoms with E-state index in [9.17, 15) is 9.59 Å². The molecule has 2 fully saturated rings. The van der Waals surface area contributed by atoms with E-state index in [2.05, 4.69) is 17.0 Å². The number of rotatable bonds is 9. The van der Waals surface area contributed by atoms with E-state index in [1.165, 1.54) is 7.11 Å². The molecule has 1 aliphatic carbocycles. The van der Waals surface area contributed by atoms with Gasteiger partial charge in [-0.05, 0) is 64.4 Å². The molecule has 0 unspecified atom stereocenters. The zero-order valence-corrected chi connectivity index (χ0v) is 18.4. The highest BCUT2D eigenvalue weighted by atomic mass is 16.5. The van der Waals surface area contributed by atoms with E-state index in [0.29, 0.717) is 19.0 Å². The summed E-state index contributed by atoms with van der Waals surface area (Å²) >= 11 is 0. The number of hydrogen-bond donors (Lipinski definition) is 1. The highest BCUT2D eigenvalue weighted by Crippen LogP contribution is 2.35. The summed E-state index contributed by atoms with van der Waals surface area (Å²) in [5, 5.41) is 2.69. The molecule has 1 saturated heterocycles. The van der Waals surface area contributed by atoms with E-state index in [1.54, 1.807) is 0 Å². The monoisotopic (exact) mass is 418 g/mol. The third-order valence-corrected chi connectivity index (χ3v) is 5.72. The summed E-state index contributed by atoms with van der Waals surface area (Å²) < 4.78 is 10.4. The van der Waals surface area contributed by atoms with Crippen molar-refractivity contribution >= 4 is 12.0 Å². The molecule has 1 N–H and O–H groups in total. The Morgan fingerprint density at radius 1 is 1.27 bits per heavy atom. The Hall–Kier alpha value is -2.22. The second-order valence-corrected chi connectivity index (χ2v) is 8.09. The van der Waals surface area contributed by atoms with Crippen molar-refractivity contribution in [2.75, 3.05) is 20.3 Å². The van der Waals surface area contributed by atoms with Crippen LogP contribution in [-0.2, 0) is 27.1 Å². The van der Waals surface area contributed by atoms with Crippen LogP contribution in [0.25, 0.3) is 0 Å². The van der Waals surface area contributed by atoms with E-state index < -0.39 is 6.09 Å². The number of carbonyl (C=O) groups is 2. The normalized spacial score (nSPS) is 19.8. The molecule has 1 aromatic heterocycles. The van der Waals surface area contributed by atoms with Gasteiger partial charge in [0.05, 0.1) is 13.2 Å². The Bertz CT molecular complexity index is 732. The first kappa shape index (κ1) is 22.5. The van der Waals surface area contributed by atoms with E-state index in [4.69, 9.17) is 14.7 Å². The van der Waals surface area contributed by atoms with Crippen molar-refractivity contribution in [3.05, 3.63) is 23.3 Å². The Morgan fingerprint density at radius 2 is 2.03 bits per heavy atom. The van der Waals surface area contributed by atoms with Gasteiger partial charge in [0.1, 0.15) is 6.10 Å². The molecule has 0 aromatic carbocycles. The lowest BCUT2D eigenvalue weighted by molar-refractivity contribution is -0.149. The van der Waals surface area contributed by atoms with Crippen molar-refractivity contribution in [2.45, 2.75) is 83.4 Å². The number of nitrogens with one attached hydrogen (secondary N) is 1. The number of nitrogens with zero attached hydrogens (tertiary/aromatic N) is 3.